The van der Waals surface area contributed by atoms with Crippen molar-refractivity contribution in [1.82, 2.24) is 10.2 Å². The van der Waals surface area contributed by atoms with E-state index in [1.54, 1.807) is 0 Å². The highest BCUT2D eigenvalue weighted by atomic mass is 32.2. The van der Waals surface area contributed by atoms with Crippen LogP contribution in [0, 0.1) is 6.92 Å². The largest absolute Gasteiger partial charge is 0.325 e. The van der Waals surface area contributed by atoms with E-state index in [-0.39, 0.29) is 17.6 Å². The normalized spacial score (nSPS) is 10.5. The topological polar surface area (TPSA) is 84.0 Å². The van der Waals surface area contributed by atoms with Crippen LogP contribution in [0.3, 0.4) is 0 Å². The minimum Gasteiger partial charge on any atom is -0.325 e. The van der Waals surface area contributed by atoms with Crippen LogP contribution in [0.25, 0.3) is 0 Å². The smallest absolute Gasteiger partial charge is 0.234 e. The molecule has 0 aliphatic heterocycles. The molecule has 0 spiro atoms. The highest BCUT2D eigenvalue weighted by molar-refractivity contribution is 8.01. The van der Waals surface area contributed by atoms with Gasteiger partial charge in [-0.2, -0.15) is 0 Å². The molecule has 28 heavy (non-hydrogen) atoms. The SMILES string of the molecule is Cc1ccccc1NC(=O)CSc1nnc(NC(=O)CCc2ccccc2)s1. The van der Waals surface area contributed by atoms with Gasteiger partial charge in [0.25, 0.3) is 0 Å². The maximum absolute atomic E-state index is 12.1. The molecule has 3 rings (SSSR count). The number of anilines is 2. The van der Waals surface area contributed by atoms with E-state index in [4.69, 9.17) is 0 Å². The third-order valence-corrected chi connectivity index (χ3v) is 5.85. The van der Waals surface area contributed by atoms with Crippen LogP contribution in [0.15, 0.2) is 58.9 Å². The van der Waals surface area contributed by atoms with Crippen LogP contribution in [-0.4, -0.2) is 27.8 Å². The van der Waals surface area contributed by atoms with Gasteiger partial charge in [-0.25, -0.2) is 0 Å². The summed E-state index contributed by atoms with van der Waals surface area (Å²) in [5.41, 5.74) is 2.93. The van der Waals surface area contributed by atoms with Gasteiger partial charge >= 0.3 is 0 Å². The minimum atomic E-state index is -0.108. The second kappa shape index (κ2) is 10.0. The Labute approximate surface area is 171 Å². The van der Waals surface area contributed by atoms with Gasteiger partial charge in [0.15, 0.2) is 4.34 Å². The number of aromatic nitrogens is 2. The first-order chi connectivity index (χ1) is 13.6. The van der Waals surface area contributed by atoms with Crippen LogP contribution < -0.4 is 10.6 Å². The molecule has 0 saturated carbocycles. The highest BCUT2D eigenvalue weighted by Gasteiger charge is 2.11. The van der Waals surface area contributed by atoms with Gasteiger partial charge in [-0.05, 0) is 30.5 Å². The number of hydrogen-bond donors (Lipinski definition) is 2. The zero-order valence-corrected chi connectivity index (χ0v) is 17.0. The molecule has 0 unspecified atom stereocenters. The average molecular weight is 413 g/mol. The van der Waals surface area contributed by atoms with E-state index in [2.05, 4.69) is 20.8 Å². The lowest BCUT2D eigenvalue weighted by molar-refractivity contribution is -0.116. The number of thioether (sulfide) groups is 1. The third-order valence-electron chi connectivity index (χ3n) is 3.88. The lowest BCUT2D eigenvalue weighted by atomic mass is 10.1. The summed E-state index contributed by atoms with van der Waals surface area (Å²) in [7, 11) is 0. The minimum absolute atomic E-state index is 0.103. The van der Waals surface area contributed by atoms with E-state index in [0.717, 1.165) is 16.8 Å². The summed E-state index contributed by atoms with van der Waals surface area (Å²) in [6.45, 7) is 1.94. The van der Waals surface area contributed by atoms with Gasteiger partial charge < -0.3 is 10.6 Å². The van der Waals surface area contributed by atoms with Gasteiger partial charge in [-0.3, -0.25) is 9.59 Å². The lowest BCUT2D eigenvalue weighted by Gasteiger charge is -2.06. The summed E-state index contributed by atoms with van der Waals surface area (Å²) in [6.07, 6.45) is 1.05. The maximum Gasteiger partial charge on any atom is 0.234 e. The number of carbonyl (C=O) groups is 2. The van der Waals surface area contributed by atoms with E-state index in [1.807, 2.05) is 61.5 Å². The summed E-state index contributed by atoms with van der Waals surface area (Å²) in [5.74, 6) is 0.0158. The molecule has 0 radical (unpaired) electrons. The Balaban J connectivity index is 1.43. The Hall–Kier alpha value is -2.71. The van der Waals surface area contributed by atoms with Crippen molar-refractivity contribution in [2.75, 3.05) is 16.4 Å². The Bertz CT molecular complexity index is 944. The fourth-order valence-electron chi connectivity index (χ4n) is 2.43. The molecule has 3 aromatic rings. The van der Waals surface area contributed by atoms with Gasteiger partial charge in [-0.15, -0.1) is 10.2 Å². The van der Waals surface area contributed by atoms with Crippen LogP contribution in [0.4, 0.5) is 10.8 Å². The molecule has 8 heteroatoms. The quantitative estimate of drug-likeness (QED) is 0.429. The van der Waals surface area contributed by atoms with Crippen molar-refractivity contribution >= 4 is 45.7 Å². The zero-order chi connectivity index (χ0) is 19.8. The average Bonchev–Trinajstić information content (AvgIpc) is 3.15. The van der Waals surface area contributed by atoms with E-state index in [0.29, 0.717) is 22.3 Å². The molecule has 2 aromatic carbocycles. The first-order valence-electron chi connectivity index (χ1n) is 8.76. The fraction of sp³-hybridized carbons (Fsp3) is 0.200. The lowest BCUT2D eigenvalue weighted by Crippen LogP contribution is -2.14. The van der Waals surface area contributed by atoms with Gasteiger partial charge in [0.05, 0.1) is 5.75 Å². The summed E-state index contributed by atoms with van der Waals surface area (Å²) in [4.78, 5) is 24.2. The summed E-state index contributed by atoms with van der Waals surface area (Å²) < 4.78 is 0.637. The van der Waals surface area contributed by atoms with Gasteiger partial charge in [0.1, 0.15) is 0 Å². The molecule has 1 aromatic heterocycles. The van der Waals surface area contributed by atoms with Crippen molar-refractivity contribution in [3.05, 3.63) is 65.7 Å². The van der Waals surface area contributed by atoms with E-state index in [9.17, 15) is 9.59 Å². The standard InChI is InChI=1S/C20H20N4O2S2/c1-14-7-5-6-10-16(14)21-18(26)13-27-20-24-23-19(28-20)22-17(25)12-11-15-8-3-2-4-9-15/h2-10H,11-13H2,1H3,(H,21,26)(H,22,23,25). The molecular formula is C20H20N4O2S2. The number of nitrogens with one attached hydrogen (secondary N) is 2. The van der Waals surface area contributed by atoms with Crippen molar-refractivity contribution in [3.63, 3.8) is 0 Å². The van der Waals surface area contributed by atoms with E-state index in [1.165, 1.54) is 23.1 Å². The predicted molar refractivity (Wildman–Crippen MR) is 114 cm³/mol. The monoisotopic (exact) mass is 412 g/mol. The molecule has 0 atom stereocenters. The van der Waals surface area contributed by atoms with Gasteiger partial charge in [-0.1, -0.05) is 71.6 Å². The molecule has 144 valence electrons. The van der Waals surface area contributed by atoms with E-state index < -0.39 is 0 Å². The van der Waals surface area contributed by atoms with Gasteiger partial charge in [0.2, 0.25) is 16.9 Å². The number of carbonyl (C=O) groups excluding carboxylic acids is 2. The first-order valence-corrected chi connectivity index (χ1v) is 10.6. The van der Waals surface area contributed by atoms with Crippen molar-refractivity contribution in [2.45, 2.75) is 24.1 Å². The number of hydrogen-bond acceptors (Lipinski definition) is 6. The second-order valence-corrected chi connectivity index (χ2v) is 8.26. The Morgan fingerprint density at radius 3 is 2.50 bits per heavy atom. The first kappa shape index (κ1) is 20.0. The zero-order valence-electron chi connectivity index (χ0n) is 15.3. The molecule has 0 bridgehead atoms. The number of benzene rings is 2. The molecule has 0 aliphatic carbocycles. The molecule has 2 amide bonds. The highest BCUT2D eigenvalue weighted by Crippen LogP contribution is 2.26. The Morgan fingerprint density at radius 2 is 1.71 bits per heavy atom. The molecule has 2 N–H and O–H groups in total. The molecule has 0 saturated heterocycles. The van der Waals surface area contributed by atoms with Crippen LogP contribution in [-0.2, 0) is 16.0 Å². The summed E-state index contributed by atoms with van der Waals surface area (Å²) in [5, 5.41) is 14.1. The molecule has 6 nitrogen and oxygen atoms in total. The number of rotatable bonds is 8. The van der Waals surface area contributed by atoms with Crippen molar-refractivity contribution in [1.29, 1.82) is 0 Å². The predicted octanol–water partition coefficient (Wildman–Crippen LogP) is 4.15. The Morgan fingerprint density at radius 1 is 0.964 bits per heavy atom. The van der Waals surface area contributed by atoms with Crippen molar-refractivity contribution in [3.8, 4) is 0 Å². The molecular weight excluding hydrogens is 392 g/mol. The number of para-hydroxylation sites is 1. The van der Waals surface area contributed by atoms with Crippen LogP contribution in [0.5, 0.6) is 0 Å². The maximum atomic E-state index is 12.1. The number of amides is 2. The van der Waals surface area contributed by atoms with E-state index >= 15 is 0 Å². The Kier molecular flexibility index (Phi) is 7.16. The van der Waals surface area contributed by atoms with Crippen molar-refractivity contribution in [2.24, 2.45) is 0 Å². The number of nitrogens with zero attached hydrogens (tertiary/aromatic N) is 2. The molecule has 0 fully saturated rings. The fourth-order valence-corrected chi connectivity index (χ4v) is 4.00. The van der Waals surface area contributed by atoms with Crippen molar-refractivity contribution < 1.29 is 9.59 Å². The van der Waals surface area contributed by atoms with Crippen LogP contribution >= 0.6 is 23.1 Å². The third kappa shape index (κ3) is 6.17. The summed E-state index contributed by atoms with van der Waals surface area (Å²) >= 11 is 2.56. The van der Waals surface area contributed by atoms with Crippen LogP contribution in [0.1, 0.15) is 17.5 Å². The number of aryl methyl sites for hydroxylation is 2. The van der Waals surface area contributed by atoms with Crippen LogP contribution in [0.2, 0.25) is 0 Å². The summed E-state index contributed by atoms with van der Waals surface area (Å²) in [6, 6.07) is 17.5. The molecule has 0 aliphatic rings. The van der Waals surface area contributed by atoms with Gasteiger partial charge in [0, 0.05) is 12.1 Å². The second-order valence-electron chi connectivity index (χ2n) is 6.06. The molecule has 1 heterocycles.